The summed E-state index contributed by atoms with van der Waals surface area (Å²) in [6.07, 6.45) is 2.31. The van der Waals surface area contributed by atoms with Crippen molar-refractivity contribution < 1.29 is 4.79 Å². The van der Waals surface area contributed by atoms with Crippen LogP contribution in [-0.2, 0) is 17.8 Å². The van der Waals surface area contributed by atoms with Crippen molar-refractivity contribution >= 4 is 23.2 Å². The van der Waals surface area contributed by atoms with Crippen LogP contribution in [0, 0.1) is 18.3 Å². The van der Waals surface area contributed by atoms with E-state index in [0.717, 1.165) is 28.8 Å². The summed E-state index contributed by atoms with van der Waals surface area (Å²) in [5.41, 5.74) is 3.93. The average Bonchev–Trinajstić information content (AvgIpc) is 2.62. The summed E-state index contributed by atoms with van der Waals surface area (Å²) in [5, 5.41) is 15.7. The fourth-order valence-corrected chi connectivity index (χ4v) is 2.64. The number of benzene rings is 2. The van der Waals surface area contributed by atoms with Crippen molar-refractivity contribution in [2.75, 3.05) is 5.32 Å². The smallest absolute Gasteiger partial charge is 0.263 e. The monoisotopic (exact) mass is 353 g/mol. The number of nitrogens with zero attached hydrogens (tertiary/aromatic N) is 1. The lowest BCUT2D eigenvalue weighted by Crippen LogP contribution is -2.24. The first-order valence-corrected chi connectivity index (χ1v) is 8.41. The molecule has 128 valence electrons. The lowest BCUT2D eigenvalue weighted by Gasteiger charge is -2.11. The molecule has 0 spiro atoms. The largest absolute Gasteiger partial charge is 0.360 e. The van der Waals surface area contributed by atoms with Gasteiger partial charge in [-0.25, -0.2) is 0 Å². The zero-order valence-corrected chi connectivity index (χ0v) is 15.0. The van der Waals surface area contributed by atoms with Crippen LogP contribution in [0.5, 0.6) is 0 Å². The fraction of sp³-hybridized carbons (Fsp3) is 0.200. The van der Waals surface area contributed by atoms with Crippen LogP contribution in [0.1, 0.15) is 23.6 Å². The third kappa shape index (κ3) is 4.85. The van der Waals surface area contributed by atoms with Gasteiger partial charge in [-0.05, 0) is 36.1 Å². The Hall–Kier alpha value is -2.77. The number of halogens is 1. The van der Waals surface area contributed by atoms with Crippen LogP contribution in [-0.4, -0.2) is 5.91 Å². The minimum absolute atomic E-state index is 0.0114. The van der Waals surface area contributed by atoms with Gasteiger partial charge in [-0.1, -0.05) is 54.9 Å². The van der Waals surface area contributed by atoms with Gasteiger partial charge in [-0.3, -0.25) is 4.79 Å². The molecule has 0 aliphatic heterocycles. The van der Waals surface area contributed by atoms with E-state index in [1.807, 2.05) is 49.4 Å². The van der Waals surface area contributed by atoms with E-state index in [1.165, 1.54) is 6.20 Å². The second-order valence-corrected chi connectivity index (χ2v) is 5.96. The molecule has 4 nitrogen and oxygen atoms in total. The standard InChI is InChI=1S/C20H20ClN3O/c1-3-15-9-6-7-14(2)19(15)23-13-17(11-22)20(25)24-12-16-8-4-5-10-18(16)21/h4-10,13,23H,3,12H2,1-2H3,(H,24,25)/b17-13-. The van der Waals surface area contributed by atoms with Crippen LogP contribution in [0.2, 0.25) is 5.02 Å². The molecule has 2 rings (SSSR count). The molecule has 0 heterocycles. The highest BCUT2D eigenvalue weighted by molar-refractivity contribution is 6.31. The van der Waals surface area contributed by atoms with Gasteiger partial charge in [-0.15, -0.1) is 0 Å². The molecule has 2 N–H and O–H groups in total. The van der Waals surface area contributed by atoms with Gasteiger partial charge in [0, 0.05) is 23.5 Å². The minimum Gasteiger partial charge on any atom is -0.360 e. The Morgan fingerprint density at radius 3 is 2.60 bits per heavy atom. The van der Waals surface area contributed by atoms with E-state index in [9.17, 15) is 10.1 Å². The van der Waals surface area contributed by atoms with Gasteiger partial charge in [0.05, 0.1) is 0 Å². The van der Waals surface area contributed by atoms with Crippen molar-refractivity contribution in [1.82, 2.24) is 5.32 Å². The molecular weight excluding hydrogens is 334 g/mol. The number of carbonyl (C=O) groups is 1. The third-order valence-corrected chi connectivity index (χ3v) is 4.23. The van der Waals surface area contributed by atoms with Crippen molar-refractivity contribution in [3.63, 3.8) is 0 Å². The highest BCUT2D eigenvalue weighted by Gasteiger charge is 2.10. The van der Waals surface area contributed by atoms with Crippen molar-refractivity contribution in [3.8, 4) is 6.07 Å². The number of nitrogens with one attached hydrogen (secondary N) is 2. The number of nitriles is 1. The number of amides is 1. The third-order valence-electron chi connectivity index (χ3n) is 3.86. The van der Waals surface area contributed by atoms with E-state index < -0.39 is 5.91 Å². The van der Waals surface area contributed by atoms with Crippen LogP contribution < -0.4 is 10.6 Å². The molecule has 2 aromatic rings. The number of hydrogen-bond donors (Lipinski definition) is 2. The number of rotatable bonds is 6. The maximum Gasteiger partial charge on any atom is 0.263 e. The average molecular weight is 354 g/mol. The Kier molecular flexibility index (Phi) is 6.62. The van der Waals surface area contributed by atoms with Crippen LogP contribution in [0.4, 0.5) is 5.69 Å². The number of aryl methyl sites for hydroxylation is 2. The Bertz CT molecular complexity index is 837. The number of carbonyl (C=O) groups excluding carboxylic acids is 1. The predicted molar refractivity (Wildman–Crippen MR) is 101 cm³/mol. The molecule has 0 aliphatic rings. The highest BCUT2D eigenvalue weighted by Crippen LogP contribution is 2.21. The van der Waals surface area contributed by atoms with Gasteiger partial charge < -0.3 is 10.6 Å². The number of para-hydroxylation sites is 1. The van der Waals surface area contributed by atoms with Crippen LogP contribution in [0.25, 0.3) is 0 Å². The summed E-state index contributed by atoms with van der Waals surface area (Å²) >= 11 is 6.07. The first-order chi connectivity index (χ1) is 12.1. The van der Waals surface area contributed by atoms with Gasteiger partial charge in [0.25, 0.3) is 5.91 Å². The highest BCUT2D eigenvalue weighted by atomic mass is 35.5. The van der Waals surface area contributed by atoms with Crippen molar-refractivity contribution in [1.29, 1.82) is 5.26 Å². The summed E-state index contributed by atoms with van der Waals surface area (Å²) in [6, 6.07) is 15.2. The van der Waals surface area contributed by atoms with E-state index in [4.69, 9.17) is 11.6 Å². The lowest BCUT2D eigenvalue weighted by atomic mass is 10.1. The second kappa shape index (κ2) is 8.91. The molecule has 0 fully saturated rings. The van der Waals surface area contributed by atoms with E-state index in [-0.39, 0.29) is 12.1 Å². The topological polar surface area (TPSA) is 64.9 Å². The zero-order valence-electron chi connectivity index (χ0n) is 14.3. The Morgan fingerprint density at radius 1 is 1.20 bits per heavy atom. The molecule has 0 aliphatic carbocycles. The predicted octanol–water partition coefficient (Wildman–Crippen LogP) is 4.35. The molecular formula is C20H20ClN3O. The molecule has 5 heteroatoms. The van der Waals surface area contributed by atoms with E-state index in [2.05, 4.69) is 17.6 Å². The summed E-state index contributed by atoms with van der Waals surface area (Å²) in [6.45, 7) is 4.31. The normalized spacial score (nSPS) is 10.9. The molecule has 0 saturated carbocycles. The first kappa shape index (κ1) is 18.6. The SMILES string of the molecule is CCc1cccc(C)c1N/C=C(/C#N)C(=O)NCc1ccccc1Cl. The minimum atomic E-state index is -0.443. The summed E-state index contributed by atoms with van der Waals surface area (Å²) in [4.78, 5) is 12.2. The molecule has 0 saturated heterocycles. The molecule has 0 bridgehead atoms. The van der Waals surface area contributed by atoms with Gasteiger partial charge in [0.15, 0.2) is 0 Å². The van der Waals surface area contributed by atoms with Gasteiger partial charge in [0.1, 0.15) is 11.6 Å². The van der Waals surface area contributed by atoms with Crippen LogP contribution in [0.3, 0.4) is 0 Å². The second-order valence-electron chi connectivity index (χ2n) is 5.55. The van der Waals surface area contributed by atoms with Gasteiger partial charge in [-0.2, -0.15) is 5.26 Å². The lowest BCUT2D eigenvalue weighted by molar-refractivity contribution is -0.117. The Balaban J connectivity index is 2.09. The summed E-state index contributed by atoms with van der Waals surface area (Å²) in [7, 11) is 0. The molecule has 2 aromatic carbocycles. The maximum atomic E-state index is 12.2. The fourth-order valence-electron chi connectivity index (χ4n) is 2.44. The molecule has 25 heavy (non-hydrogen) atoms. The first-order valence-electron chi connectivity index (χ1n) is 8.03. The zero-order chi connectivity index (χ0) is 18.2. The quantitative estimate of drug-likeness (QED) is 0.599. The molecule has 1 amide bonds. The molecule has 0 radical (unpaired) electrons. The molecule has 0 aromatic heterocycles. The van der Waals surface area contributed by atoms with Crippen molar-refractivity contribution in [3.05, 3.63) is 76.0 Å². The van der Waals surface area contributed by atoms with E-state index in [1.54, 1.807) is 6.07 Å². The summed E-state index contributed by atoms with van der Waals surface area (Å²) in [5.74, 6) is -0.443. The molecule has 0 atom stereocenters. The maximum absolute atomic E-state index is 12.2. The van der Waals surface area contributed by atoms with Gasteiger partial charge >= 0.3 is 0 Å². The number of anilines is 1. The Labute approximate surface area is 153 Å². The molecule has 0 unspecified atom stereocenters. The van der Waals surface area contributed by atoms with Crippen LogP contribution in [0.15, 0.2) is 54.2 Å². The van der Waals surface area contributed by atoms with E-state index >= 15 is 0 Å². The number of hydrogen-bond acceptors (Lipinski definition) is 3. The van der Waals surface area contributed by atoms with E-state index in [0.29, 0.717) is 5.02 Å². The Morgan fingerprint density at radius 2 is 1.92 bits per heavy atom. The van der Waals surface area contributed by atoms with Crippen molar-refractivity contribution in [2.24, 2.45) is 0 Å². The van der Waals surface area contributed by atoms with Gasteiger partial charge in [0.2, 0.25) is 0 Å². The summed E-state index contributed by atoms with van der Waals surface area (Å²) < 4.78 is 0. The van der Waals surface area contributed by atoms with Crippen LogP contribution >= 0.6 is 11.6 Å². The van der Waals surface area contributed by atoms with Crippen molar-refractivity contribution in [2.45, 2.75) is 26.8 Å².